The second-order valence-corrected chi connectivity index (χ2v) is 10.9. The number of nitrogens with one attached hydrogen (secondary N) is 1. The van der Waals surface area contributed by atoms with Gasteiger partial charge in [0.15, 0.2) is 12.2 Å². The summed E-state index contributed by atoms with van der Waals surface area (Å²) in [5.74, 6) is 2.02. The third-order valence-corrected chi connectivity index (χ3v) is 7.42. The second-order valence-electron chi connectivity index (χ2n) is 10.1. The molecule has 0 radical (unpaired) electrons. The normalized spacial score (nSPS) is 21.7. The van der Waals surface area contributed by atoms with Crippen LogP contribution < -0.4 is 15.8 Å². The zero-order chi connectivity index (χ0) is 31.3. The number of rotatable bonds is 10. The lowest BCUT2D eigenvalue weighted by atomic mass is 9.89. The SMILES string of the molecule is C#CCONC(=O)O[C@H]1[C@@H](O)[C@H](Oc2ccc3c(O)c(/C(C)=N/OCc4ccsc4)c(=O)oc3c2C)OC(C)(C)[C@@H]1OC. The van der Waals surface area contributed by atoms with Gasteiger partial charge in [-0.3, -0.25) is 4.84 Å². The molecule has 4 atom stereocenters. The van der Waals surface area contributed by atoms with Gasteiger partial charge in [0.2, 0.25) is 6.29 Å². The number of aliphatic hydroxyl groups is 1. The Morgan fingerprint density at radius 3 is 2.74 bits per heavy atom. The Kier molecular flexibility index (Phi) is 9.95. The number of hydrogen-bond donors (Lipinski definition) is 3. The lowest BCUT2D eigenvalue weighted by Crippen LogP contribution is -2.65. The first-order chi connectivity index (χ1) is 20.5. The van der Waals surface area contributed by atoms with E-state index in [-0.39, 0.29) is 47.0 Å². The van der Waals surface area contributed by atoms with Gasteiger partial charge in [-0.05, 0) is 56.7 Å². The molecule has 1 fully saturated rings. The van der Waals surface area contributed by atoms with Gasteiger partial charge >= 0.3 is 11.7 Å². The van der Waals surface area contributed by atoms with Crippen LogP contribution in [0.5, 0.6) is 11.5 Å². The molecule has 1 amide bonds. The number of terminal acetylenes is 1. The van der Waals surface area contributed by atoms with Crippen molar-refractivity contribution < 1.29 is 48.0 Å². The van der Waals surface area contributed by atoms with Crippen molar-refractivity contribution >= 4 is 34.1 Å². The predicted molar refractivity (Wildman–Crippen MR) is 155 cm³/mol. The van der Waals surface area contributed by atoms with Gasteiger partial charge < -0.3 is 38.4 Å². The van der Waals surface area contributed by atoms with Gasteiger partial charge in [-0.15, -0.1) is 6.42 Å². The summed E-state index contributed by atoms with van der Waals surface area (Å²) in [6.07, 6.45) is -0.932. The number of aryl methyl sites for hydroxylation is 1. The summed E-state index contributed by atoms with van der Waals surface area (Å²) in [6.45, 7) is 6.48. The van der Waals surface area contributed by atoms with Crippen molar-refractivity contribution in [1.29, 1.82) is 0 Å². The highest BCUT2D eigenvalue weighted by Gasteiger charge is 2.53. The van der Waals surface area contributed by atoms with Crippen LogP contribution in [0.1, 0.15) is 37.5 Å². The maximum atomic E-state index is 12.9. The monoisotopic (exact) mass is 616 g/mol. The van der Waals surface area contributed by atoms with Crippen molar-refractivity contribution in [2.75, 3.05) is 13.7 Å². The molecule has 13 nitrogen and oxygen atoms in total. The van der Waals surface area contributed by atoms with Crippen LogP contribution in [0.2, 0.25) is 0 Å². The number of carbonyl (C=O) groups is 1. The van der Waals surface area contributed by atoms with Gasteiger partial charge in [0, 0.05) is 18.2 Å². The molecule has 1 aliphatic rings. The first kappa shape index (κ1) is 31.8. The highest BCUT2D eigenvalue weighted by molar-refractivity contribution is 7.07. The van der Waals surface area contributed by atoms with Crippen LogP contribution in [-0.2, 0) is 30.5 Å². The van der Waals surface area contributed by atoms with E-state index in [1.165, 1.54) is 37.5 Å². The lowest BCUT2D eigenvalue weighted by Gasteiger charge is -2.47. The van der Waals surface area contributed by atoms with Crippen molar-refractivity contribution in [3.63, 3.8) is 0 Å². The summed E-state index contributed by atoms with van der Waals surface area (Å²) in [4.78, 5) is 35.3. The molecule has 3 N–H and O–H groups in total. The van der Waals surface area contributed by atoms with E-state index in [0.29, 0.717) is 5.56 Å². The van der Waals surface area contributed by atoms with E-state index in [9.17, 15) is 19.8 Å². The average Bonchev–Trinajstić information content (AvgIpc) is 3.47. The van der Waals surface area contributed by atoms with Crippen molar-refractivity contribution in [2.45, 2.75) is 64.5 Å². The zero-order valence-electron chi connectivity index (χ0n) is 24.1. The fourth-order valence-electron chi connectivity index (χ4n) is 4.66. The number of carbonyl (C=O) groups excluding carboxylic acids is 1. The van der Waals surface area contributed by atoms with E-state index < -0.39 is 41.9 Å². The van der Waals surface area contributed by atoms with E-state index in [4.69, 9.17) is 39.5 Å². The standard InChI is InChI=1S/C29H32N2O11S/c1-7-11-37-31-28(35)41-24-22(33)27(42-29(4,5)25(24)36-6)39-19-9-8-18-21(32)20(26(34)40-23(18)15(19)2)16(3)30-38-13-17-10-12-43-14-17/h1,8-10,12,14,22,24-25,27,32-33H,11,13H2,2-6H3,(H,31,35)/b30-16+/t22-,24+,25-,27-/m1/s1. The van der Waals surface area contributed by atoms with E-state index in [2.05, 4.69) is 11.1 Å². The number of amides is 1. The first-order valence-electron chi connectivity index (χ1n) is 13.0. The van der Waals surface area contributed by atoms with Crippen LogP contribution in [-0.4, -0.2) is 65.9 Å². The number of thiophene rings is 1. The Morgan fingerprint density at radius 1 is 1.30 bits per heavy atom. The van der Waals surface area contributed by atoms with Crippen LogP contribution in [0.25, 0.3) is 11.0 Å². The fraction of sp³-hybridized carbons (Fsp3) is 0.414. The predicted octanol–water partition coefficient (Wildman–Crippen LogP) is 3.36. The molecule has 0 saturated carbocycles. The van der Waals surface area contributed by atoms with Crippen LogP contribution >= 0.6 is 11.3 Å². The number of nitrogens with zero attached hydrogens (tertiary/aromatic N) is 1. The molecule has 0 aliphatic carbocycles. The van der Waals surface area contributed by atoms with Gasteiger partial charge in [0.05, 0.1) is 16.7 Å². The molecule has 0 spiro atoms. The summed E-state index contributed by atoms with van der Waals surface area (Å²) in [5.41, 5.74) is 1.38. The largest absolute Gasteiger partial charge is 0.506 e. The van der Waals surface area contributed by atoms with Gasteiger partial charge in [-0.1, -0.05) is 11.1 Å². The molecular formula is C29H32N2O11S. The first-order valence-corrected chi connectivity index (χ1v) is 14.0. The number of aliphatic hydroxyl groups excluding tert-OH is 1. The van der Waals surface area contributed by atoms with Crippen molar-refractivity contribution in [2.24, 2.45) is 5.16 Å². The summed E-state index contributed by atoms with van der Waals surface area (Å²) in [5, 5.41) is 30.1. The molecule has 0 unspecified atom stereocenters. The maximum Gasteiger partial charge on any atom is 0.431 e. The highest BCUT2D eigenvalue weighted by Crippen LogP contribution is 2.37. The molecule has 1 aliphatic heterocycles. The van der Waals surface area contributed by atoms with Crippen LogP contribution in [0.4, 0.5) is 4.79 Å². The number of methoxy groups -OCH3 is 1. The van der Waals surface area contributed by atoms with Gasteiger partial charge in [-0.25, -0.2) is 9.59 Å². The maximum absolute atomic E-state index is 12.9. The number of hydroxylamine groups is 1. The molecule has 0 bridgehead atoms. The summed E-state index contributed by atoms with van der Waals surface area (Å²) in [7, 11) is 1.38. The highest BCUT2D eigenvalue weighted by atomic mass is 32.1. The number of ether oxygens (including phenoxy) is 4. The molecule has 1 saturated heterocycles. The molecule has 43 heavy (non-hydrogen) atoms. The summed E-state index contributed by atoms with van der Waals surface area (Å²) < 4.78 is 28.4. The minimum Gasteiger partial charge on any atom is -0.506 e. The van der Waals surface area contributed by atoms with E-state index >= 15 is 0 Å². The molecule has 3 heterocycles. The van der Waals surface area contributed by atoms with Crippen molar-refractivity contribution in [3.05, 3.63) is 56.1 Å². The topological polar surface area (TPSA) is 168 Å². The minimum absolute atomic E-state index is 0.0490. The smallest absolute Gasteiger partial charge is 0.431 e. The molecular weight excluding hydrogens is 584 g/mol. The number of aromatic hydroxyl groups is 1. The average molecular weight is 617 g/mol. The number of hydrogen-bond acceptors (Lipinski definition) is 13. The van der Waals surface area contributed by atoms with Crippen molar-refractivity contribution in [1.82, 2.24) is 5.48 Å². The number of oxime groups is 1. The third kappa shape index (κ3) is 6.93. The Hall–Kier alpha value is -4.13. The van der Waals surface area contributed by atoms with Crippen LogP contribution in [0, 0.1) is 19.3 Å². The fourth-order valence-corrected chi connectivity index (χ4v) is 5.31. The molecule has 2 aromatic heterocycles. The van der Waals surface area contributed by atoms with E-state index in [1.54, 1.807) is 20.8 Å². The van der Waals surface area contributed by atoms with Crippen LogP contribution in [0.3, 0.4) is 0 Å². The molecule has 1 aromatic carbocycles. The van der Waals surface area contributed by atoms with E-state index in [1.807, 2.05) is 22.3 Å². The Labute approximate surface area is 250 Å². The Morgan fingerprint density at radius 2 is 2.07 bits per heavy atom. The number of fused-ring (bicyclic) bond motifs is 1. The molecule has 230 valence electrons. The zero-order valence-corrected chi connectivity index (χ0v) is 24.9. The van der Waals surface area contributed by atoms with E-state index in [0.717, 1.165) is 5.56 Å². The lowest BCUT2D eigenvalue weighted by molar-refractivity contribution is -0.305. The summed E-state index contributed by atoms with van der Waals surface area (Å²) in [6, 6.07) is 4.89. The Bertz CT molecular complexity index is 1580. The van der Waals surface area contributed by atoms with Crippen molar-refractivity contribution in [3.8, 4) is 23.8 Å². The number of benzene rings is 1. The van der Waals surface area contributed by atoms with Crippen LogP contribution in [0.15, 0.2) is 43.3 Å². The summed E-state index contributed by atoms with van der Waals surface area (Å²) >= 11 is 1.52. The van der Waals surface area contributed by atoms with Gasteiger partial charge in [-0.2, -0.15) is 16.8 Å². The van der Waals surface area contributed by atoms with Gasteiger partial charge in [0.1, 0.15) is 42.0 Å². The Balaban J connectivity index is 1.59. The second kappa shape index (κ2) is 13.4. The minimum atomic E-state index is -1.53. The molecule has 3 aromatic rings. The van der Waals surface area contributed by atoms with Gasteiger partial charge in [0.25, 0.3) is 0 Å². The third-order valence-electron chi connectivity index (χ3n) is 6.69. The quantitative estimate of drug-likeness (QED) is 0.100. The molecule has 4 rings (SSSR count). The molecule has 14 heteroatoms.